The van der Waals surface area contributed by atoms with Gasteiger partial charge in [0, 0.05) is 18.7 Å². The van der Waals surface area contributed by atoms with Crippen molar-refractivity contribution in [3.05, 3.63) is 46.9 Å². The van der Waals surface area contributed by atoms with Crippen molar-refractivity contribution >= 4 is 17.8 Å². The Labute approximate surface area is 192 Å². The summed E-state index contributed by atoms with van der Waals surface area (Å²) >= 11 is 0. The maximum atomic E-state index is 12.5. The van der Waals surface area contributed by atoms with Gasteiger partial charge in [-0.15, -0.1) is 0 Å². The van der Waals surface area contributed by atoms with Gasteiger partial charge in [0.1, 0.15) is 12.4 Å². The van der Waals surface area contributed by atoms with Crippen LogP contribution in [0.15, 0.2) is 28.7 Å². The van der Waals surface area contributed by atoms with Crippen molar-refractivity contribution in [2.45, 2.75) is 39.7 Å². The number of benzene rings is 1. The molecule has 2 heterocycles. The van der Waals surface area contributed by atoms with E-state index in [1.54, 1.807) is 30.0 Å². The largest absolute Gasteiger partial charge is 0.490 e. The molecule has 1 aliphatic rings. The molecule has 0 spiro atoms. The van der Waals surface area contributed by atoms with Crippen LogP contribution in [0.4, 0.5) is 0 Å². The lowest BCUT2D eigenvalue weighted by atomic mass is 10.1. The number of furan rings is 1. The lowest BCUT2D eigenvalue weighted by Gasteiger charge is -2.26. The van der Waals surface area contributed by atoms with E-state index in [4.69, 9.17) is 18.6 Å². The molecule has 0 unspecified atom stereocenters. The fraction of sp³-hybridized carbons (Fsp3) is 0.458. The molecule has 0 radical (unpaired) electrons. The highest BCUT2D eigenvalue weighted by Gasteiger charge is 2.20. The van der Waals surface area contributed by atoms with Gasteiger partial charge in [0.2, 0.25) is 5.76 Å². The molecular weight excluding hydrogens is 430 g/mol. The summed E-state index contributed by atoms with van der Waals surface area (Å²) in [5.41, 5.74) is 0.844. The molecule has 1 fully saturated rings. The van der Waals surface area contributed by atoms with Gasteiger partial charge in [-0.1, -0.05) is 0 Å². The number of aryl methyl sites for hydroxylation is 1. The predicted octanol–water partition coefficient (Wildman–Crippen LogP) is 3.52. The predicted molar refractivity (Wildman–Crippen MR) is 117 cm³/mol. The van der Waals surface area contributed by atoms with Gasteiger partial charge in [0.05, 0.1) is 19.3 Å². The number of esters is 2. The van der Waals surface area contributed by atoms with Crippen LogP contribution in [0.1, 0.15) is 58.4 Å². The second-order valence-electron chi connectivity index (χ2n) is 7.62. The molecule has 0 bridgehead atoms. The molecule has 1 aromatic heterocycles. The molecule has 2 aromatic rings. The third kappa shape index (κ3) is 6.27. The molecular formula is C24H29NO8. The second kappa shape index (κ2) is 11.4. The zero-order chi connectivity index (χ0) is 23.8. The smallest absolute Gasteiger partial charge is 0.374 e. The van der Waals surface area contributed by atoms with Crippen molar-refractivity contribution in [1.29, 1.82) is 0 Å². The van der Waals surface area contributed by atoms with Crippen LogP contribution in [0.2, 0.25) is 0 Å². The fourth-order valence-corrected chi connectivity index (χ4v) is 3.53. The van der Waals surface area contributed by atoms with Gasteiger partial charge in [-0.05, 0) is 57.4 Å². The van der Waals surface area contributed by atoms with Crippen molar-refractivity contribution in [2.75, 3.05) is 33.4 Å². The molecule has 178 valence electrons. The number of carbonyl (C=O) groups is 3. The Bertz CT molecular complexity index is 990. The number of hydrogen-bond acceptors (Lipinski definition) is 8. The molecule has 1 aliphatic heterocycles. The number of ether oxygens (including phenoxy) is 4. The lowest BCUT2D eigenvalue weighted by molar-refractivity contribution is -0.134. The minimum Gasteiger partial charge on any atom is -0.490 e. The summed E-state index contributed by atoms with van der Waals surface area (Å²) < 4.78 is 26.7. The van der Waals surface area contributed by atoms with Crippen molar-refractivity contribution in [3.8, 4) is 11.5 Å². The number of amides is 1. The van der Waals surface area contributed by atoms with Crippen LogP contribution in [0.3, 0.4) is 0 Å². The van der Waals surface area contributed by atoms with E-state index >= 15 is 0 Å². The van der Waals surface area contributed by atoms with Crippen LogP contribution in [0, 0.1) is 6.92 Å². The van der Waals surface area contributed by atoms with Crippen LogP contribution in [-0.4, -0.2) is 56.2 Å². The highest BCUT2D eigenvalue weighted by Crippen LogP contribution is 2.29. The molecule has 0 atom stereocenters. The van der Waals surface area contributed by atoms with Crippen LogP contribution < -0.4 is 9.47 Å². The monoisotopic (exact) mass is 459 g/mol. The topological polar surface area (TPSA) is 105 Å². The van der Waals surface area contributed by atoms with E-state index in [0.29, 0.717) is 29.4 Å². The first-order valence-corrected chi connectivity index (χ1v) is 10.9. The van der Waals surface area contributed by atoms with Crippen LogP contribution in [0.5, 0.6) is 11.5 Å². The second-order valence-corrected chi connectivity index (χ2v) is 7.62. The summed E-state index contributed by atoms with van der Waals surface area (Å²) in [5, 5.41) is 0. The molecule has 33 heavy (non-hydrogen) atoms. The van der Waals surface area contributed by atoms with E-state index in [1.165, 1.54) is 13.2 Å². The third-order valence-corrected chi connectivity index (χ3v) is 5.22. The van der Waals surface area contributed by atoms with Crippen molar-refractivity contribution in [1.82, 2.24) is 4.90 Å². The molecule has 9 nitrogen and oxygen atoms in total. The van der Waals surface area contributed by atoms with Gasteiger partial charge < -0.3 is 28.3 Å². The average molecular weight is 459 g/mol. The van der Waals surface area contributed by atoms with Crippen LogP contribution in [0.25, 0.3) is 0 Å². The Morgan fingerprint density at radius 2 is 1.76 bits per heavy atom. The normalized spacial score (nSPS) is 13.4. The Hall–Kier alpha value is -3.49. The molecule has 3 rings (SSSR count). The standard InChI is InChI=1S/C24H29NO8/c1-4-30-20-13-17(8-9-19(20)31-15-21(26)25-10-6-5-7-11-25)23(27)32-14-18-12-16(2)22(33-18)24(28)29-3/h8-9,12-13H,4-7,10-11,14-15H2,1-3H3. The van der Waals surface area contributed by atoms with Gasteiger partial charge in [-0.25, -0.2) is 9.59 Å². The highest BCUT2D eigenvalue weighted by molar-refractivity contribution is 5.90. The number of nitrogens with zero attached hydrogens (tertiary/aromatic N) is 1. The Balaban J connectivity index is 1.62. The summed E-state index contributed by atoms with van der Waals surface area (Å²) in [5.74, 6) is -0.143. The maximum Gasteiger partial charge on any atom is 0.374 e. The average Bonchev–Trinajstić information content (AvgIpc) is 3.22. The fourth-order valence-electron chi connectivity index (χ4n) is 3.53. The van der Waals surface area contributed by atoms with E-state index in [1.807, 2.05) is 6.92 Å². The van der Waals surface area contributed by atoms with Crippen LogP contribution >= 0.6 is 0 Å². The molecule has 9 heteroatoms. The zero-order valence-corrected chi connectivity index (χ0v) is 19.2. The summed E-state index contributed by atoms with van der Waals surface area (Å²) in [6.07, 6.45) is 3.16. The van der Waals surface area contributed by atoms with E-state index in [9.17, 15) is 14.4 Å². The van der Waals surface area contributed by atoms with Gasteiger partial charge >= 0.3 is 11.9 Å². The molecule has 1 aromatic carbocycles. The Morgan fingerprint density at radius 1 is 1.00 bits per heavy atom. The zero-order valence-electron chi connectivity index (χ0n) is 19.2. The molecule has 1 saturated heterocycles. The number of likely N-dealkylation sites (tertiary alicyclic amines) is 1. The van der Waals surface area contributed by atoms with Gasteiger partial charge in [0.25, 0.3) is 5.91 Å². The summed E-state index contributed by atoms with van der Waals surface area (Å²) in [6, 6.07) is 6.25. The van der Waals surface area contributed by atoms with Gasteiger partial charge in [-0.3, -0.25) is 4.79 Å². The Morgan fingerprint density at radius 3 is 2.45 bits per heavy atom. The summed E-state index contributed by atoms with van der Waals surface area (Å²) in [7, 11) is 1.26. The van der Waals surface area contributed by atoms with E-state index in [-0.39, 0.29) is 30.4 Å². The van der Waals surface area contributed by atoms with Crippen molar-refractivity contribution in [2.24, 2.45) is 0 Å². The van der Waals surface area contributed by atoms with Crippen molar-refractivity contribution < 1.29 is 37.7 Å². The first kappa shape index (κ1) is 24.2. The van der Waals surface area contributed by atoms with Gasteiger partial charge in [-0.2, -0.15) is 0 Å². The first-order chi connectivity index (χ1) is 15.9. The number of hydrogen-bond donors (Lipinski definition) is 0. The highest BCUT2D eigenvalue weighted by atomic mass is 16.6. The lowest BCUT2D eigenvalue weighted by Crippen LogP contribution is -2.38. The van der Waals surface area contributed by atoms with Crippen molar-refractivity contribution in [3.63, 3.8) is 0 Å². The van der Waals surface area contributed by atoms with E-state index < -0.39 is 11.9 Å². The number of piperidine rings is 1. The van der Waals surface area contributed by atoms with Crippen LogP contribution in [-0.2, 0) is 20.9 Å². The van der Waals surface area contributed by atoms with E-state index in [2.05, 4.69) is 4.74 Å². The molecule has 1 amide bonds. The number of carbonyl (C=O) groups excluding carboxylic acids is 3. The molecule has 0 aliphatic carbocycles. The third-order valence-electron chi connectivity index (χ3n) is 5.22. The van der Waals surface area contributed by atoms with E-state index in [0.717, 1.165) is 32.4 Å². The minimum atomic E-state index is -0.597. The molecule has 0 saturated carbocycles. The Kier molecular flexibility index (Phi) is 8.34. The quantitative estimate of drug-likeness (QED) is 0.525. The summed E-state index contributed by atoms with van der Waals surface area (Å²) in [6.45, 7) is 5.13. The SMILES string of the molecule is CCOc1cc(C(=O)OCc2cc(C)c(C(=O)OC)o2)ccc1OCC(=O)N1CCCCC1. The number of rotatable bonds is 9. The molecule has 0 N–H and O–H groups in total. The summed E-state index contributed by atoms with van der Waals surface area (Å²) in [4.78, 5) is 38.4. The maximum absolute atomic E-state index is 12.5. The van der Waals surface area contributed by atoms with Gasteiger partial charge in [0.15, 0.2) is 18.1 Å². The minimum absolute atomic E-state index is 0.0688. The number of methoxy groups -OCH3 is 1. The first-order valence-electron chi connectivity index (χ1n) is 10.9.